The number of amidine groups is 1. The molecule has 1 aliphatic rings. The average Bonchev–Trinajstić information content (AvgIpc) is 2.65. The lowest BCUT2D eigenvalue weighted by atomic mass is 10.2. The van der Waals surface area contributed by atoms with Crippen molar-refractivity contribution in [3.63, 3.8) is 0 Å². The number of aliphatic imine (C=N–C) groups is 1. The Morgan fingerprint density at radius 2 is 2.04 bits per heavy atom. The molecule has 1 aliphatic heterocycles. The fraction of sp³-hybridized carbons (Fsp3) is 0.400. The van der Waals surface area contributed by atoms with Crippen LogP contribution >= 0.6 is 12.2 Å². The molecule has 0 aromatic heterocycles. The fourth-order valence-corrected chi connectivity index (χ4v) is 2.38. The predicted octanol–water partition coefficient (Wildman–Crippen LogP) is 0.721. The molecule has 0 bridgehead atoms. The Morgan fingerprint density at radius 1 is 1.40 bits per heavy atom. The van der Waals surface area contributed by atoms with Crippen LogP contribution in [0.2, 0.25) is 0 Å². The molecule has 0 unspecified atom stereocenters. The van der Waals surface area contributed by atoms with Crippen molar-refractivity contribution in [3.8, 4) is 0 Å². The van der Waals surface area contributed by atoms with Gasteiger partial charge in [-0.25, -0.2) is 0 Å². The van der Waals surface area contributed by atoms with Gasteiger partial charge in [-0.1, -0.05) is 0 Å². The number of nitrogens with one attached hydrogen (secondary N) is 1. The Bertz CT molecular complexity index is 671. The van der Waals surface area contributed by atoms with Gasteiger partial charge < -0.3 is 19.7 Å². The topological polar surface area (TPSA) is 106 Å². The Balaban J connectivity index is 2.18. The first-order chi connectivity index (χ1) is 12.0. The molecule has 1 N–H and O–H groups in total. The third-order valence-corrected chi connectivity index (χ3v) is 3.83. The minimum absolute atomic E-state index is 0.0353. The minimum Gasteiger partial charge on any atom is -0.468 e. The van der Waals surface area contributed by atoms with Crippen LogP contribution in [0.25, 0.3) is 0 Å². The molecule has 0 radical (unpaired) electrons. The summed E-state index contributed by atoms with van der Waals surface area (Å²) >= 11 is 5.38. The van der Waals surface area contributed by atoms with Crippen molar-refractivity contribution in [3.05, 3.63) is 39.9 Å². The smallest absolute Gasteiger partial charge is 0.327 e. The number of thiocarbonyl (C=S) groups is 1. The number of hydrogen-bond acceptors (Lipinski definition) is 7. The molecule has 0 spiro atoms. The van der Waals surface area contributed by atoms with Gasteiger partial charge in [0.25, 0.3) is 5.69 Å². The monoisotopic (exact) mass is 366 g/mol. The van der Waals surface area contributed by atoms with Crippen molar-refractivity contribution in [2.75, 3.05) is 40.0 Å². The highest BCUT2D eigenvalue weighted by Crippen LogP contribution is 2.12. The minimum atomic E-state index is -0.501. The summed E-state index contributed by atoms with van der Waals surface area (Å²) in [6.45, 7) is 2.26. The molecule has 25 heavy (non-hydrogen) atoms. The first-order valence-corrected chi connectivity index (χ1v) is 7.92. The number of carbonyl (C=O) groups excluding carboxylic acids is 1. The number of nitro groups is 1. The molecule has 9 nitrogen and oxygen atoms in total. The molecule has 134 valence electrons. The van der Waals surface area contributed by atoms with Crippen molar-refractivity contribution in [1.82, 2.24) is 10.2 Å². The number of hydrogen-bond donors (Lipinski definition) is 1. The lowest BCUT2D eigenvalue weighted by Crippen LogP contribution is -2.48. The zero-order chi connectivity index (χ0) is 18.2. The van der Waals surface area contributed by atoms with E-state index in [0.717, 1.165) is 0 Å². The largest absolute Gasteiger partial charge is 0.468 e. The van der Waals surface area contributed by atoms with Gasteiger partial charge in [-0.15, -0.1) is 0 Å². The highest BCUT2D eigenvalue weighted by molar-refractivity contribution is 7.80. The SMILES string of the molecule is COC(=O)CN=C(NC(=S)N1CCOCC1)c1ccc([N+](=O)[O-])cc1. The maximum Gasteiger partial charge on any atom is 0.327 e. The number of carbonyl (C=O) groups is 1. The van der Waals surface area contributed by atoms with Crippen molar-refractivity contribution >= 4 is 34.8 Å². The van der Waals surface area contributed by atoms with Crippen LogP contribution in [-0.2, 0) is 14.3 Å². The van der Waals surface area contributed by atoms with E-state index in [1.165, 1.54) is 19.2 Å². The first-order valence-electron chi connectivity index (χ1n) is 7.51. The van der Waals surface area contributed by atoms with Gasteiger partial charge in [0.05, 0.1) is 25.2 Å². The highest BCUT2D eigenvalue weighted by Gasteiger charge is 2.16. The van der Waals surface area contributed by atoms with Gasteiger partial charge in [0.15, 0.2) is 5.11 Å². The fourth-order valence-electron chi connectivity index (χ4n) is 2.10. The Hall–Kier alpha value is -2.59. The van der Waals surface area contributed by atoms with E-state index >= 15 is 0 Å². The van der Waals surface area contributed by atoms with Gasteiger partial charge in [-0.3, -0.25) is 19.9 Å². The summed E-state index contributed by atoms with van der Waals surface area (Å²) in [5.74, 6) is -0.157. The average molecular weight is 366 g/mol. The van der Waals surface area contributed by atoms with Crippen LogP contribution in [-0.4, -0.2) is 66.7 Å². The second-order valence-electron chi connectivity index (χ2n) is 5.07. The standard InChI is InChI=1S/C15H18N4O5S/c1-23-13(20)10-16-14(11-2-4-12(5-3-11)19(21)22)17-15(25)18-6-8-24-9-7-18/h2-5H,6-10H2,1H3,(H,16,17,25). The van der Waals surface area contributed by atoms with Gasteiger partial charge in [-0.05, 0) is 24.4 Å². The number of non-ortho nitro benzene ring substituents is 1. The summed E-state index contributed by atoms with van der Waals surface area (Å²) in [4.78, 5) is 27.8. The van der Waals surface area contributed by atoms with Crippen molar-refractivity contribution in [2.45, 2.75) is 0 Å². The van der Waals surface area contributed by atoms with E-state index in [-0.39, 0.29) is 12.2 Å². The number of esters is 1. The number of ether oxygens (including phenoxy) is 2. The molecule has 1 heterocycles. The summed E-state index contributed by atoms with van der Waals surface area (Å²) in [6, 6.07) is 5.82. The molecule has 1 aromatic rings. The van der Waals surface area contributed by atoms with Gasteiger partial charge in [0, 0.05) is 30.8 Å². The van der Waals surface area contributed by atoms with E-state index in [1.54, 1.807) is 12.1 Å². The zero-order valence-corrected chi connectivity index (χ0v) is 14.5. The van der Waals surface area contributed by atoms with Crippen LogP contribution in [0.3, 0.4) is 0 Å². The number of methoxy groups -OCH3 is 1. The molecule has 0 aliphatic carbocycles. The van der Waals surface area contributed by atoms with E-state index in [2.05, 4.69) is 15.0 Å². The molecule has 10 heteroatoms. The lowest BCUT2D eigenvalue weighted by molar-refractivity contribution is -0.384. The lowest BCUT2D eigenvalue weighted by Gasteiger charge is -2.29. The van der Waals surface area contributed by atoms with Crippen LogP contribution in [0.4, 0.5) is 5.69 Å². The highest BCUT2D eigenvalue weighted by atomic mass is 32.1. The first kappa shape index (κ1) is 18.7. The Morgan fingerprint density at radius 3 is 2.60 bits per heavy atom. The Kier molecular flexibility index (Phi) is 6.78. The summed E-state index contributed by atoms with van der Waals surface area (Å²) in [5, 5.41) is 14.2. The van der Waals surface area contributed by atoms with Crippen LogP contribution in [0, 0.1) is 10.1 Å². The molecular weight excluding hydrogens is 348 g/mol. The zero-order valence-electron chi connectivity index (χ0n) is 13.6. The number of nitro benzene ring substituents is 1. The third-order valence-electron chi connectivity index (χ3n) is 3.47. The molecule has 1 aromatic carbocycles. The Labute approximate surface area is 149 Å². The van der Waals surface area contributed by atoms with Crippen molar-refractivity contribution in [2.24, 2.45) is 4.99 Å². The molecular formula is C15H18N4O5S. The number of benzene rings is 1. The molecule has 1 saturated heterocycles. The quantitative estimate of drug-likeness (QED) is 0.207. The molecule has 0 amide bonds. The van der Waals surface area contributed by atoms with E-state index in [1.807, 2.05) is 4.90 Å². The van der Waals surface area contributed by atoms with E-state index in [0.29, 0.717) is 42.8 Å². The van der Waals surface area contributed by atoms with Crippen LogP contribution in [0.1, 0.15) is 5.56 Å². The summed E-state index contributed by atoms with van der Waals surface area (Å²) < 4.78 is 9.87. The third kappa shape index (κ3) is 5.47. The van der Waals surface area contributed by atoms with Crippen molar-refractivity contribution in [1.29, 1.82) is 0 Å². The van der Waals surface area contributed by atoms with Crippen LogP contribution < -0.4 is 5.32 Å². The summed E-state index contributed by atoms with van der Waals surface area (Å²) in [6.07, 6.45) is 0. The van der Waals surface area contributed by atoms with E-state index in [9.17, 15) is 14.9 Å². The van der Waals surface area contributed by atoms with Crippen LogP contribution in [0.5, 0.6) is 0 Å². The molecule has 0 saturated carbocycles. The van der Waals surface area contributed by atoms with Crippen molar-refractivity contribution < 1.29 is 19.2 Å². The molecule has 0 atom stereocenters. The van der Waals surface area contributed by atoms with E-state index < -0.39 is 10.9 Å². The van der Waals surface area contributed by atoms with Gasteiger partial charge in [-0.2, -0.15) is 0 Å². The number of morpholine rings is 1. The number of rotatable bonds is 4. The van der Waals surface area contributed by atoms with Gasteiger partial charge >= 0.3 is 5.97 Å². The summed E-state index contributed by atoms with van der Waals surface area (Å²) in [5.41, 5.74) is 0.539. The normalized spacial score (nSPS) is 14.8. The van der Waals surface area contributed by atoms with Crippen LogP contribution in [0.15, 0.2) is 29.3 Å². The number of nitrogens with zero attached hydrogens (tertiary/aromatic N) is 3. The van der Waals surface area contributed by atoms with Gasteiger partial charge in [0.1, 0.15) is 12.4 Å². The second-order valence-corrected chi connectivity index (χ2v) is 5.46. The second kappa shape index (κ2) is 9.04. The summed E-state index contributed by atoms with van der Waals surface area (Å²) in [7, 11) is 1.27. The molecule has 2 rings (SSSR count). The van der Waals surface area contributed by atoms with E-state index in [4.69, 9.17) is 17.0 Å². The van der Waals surface area contributed by atoms with Gasteiger partial charge in [0.2, 0.25) is 0 Å². The molecule has 1 fully saturated rings. The maximum atomic E-state index is 11.4. The predicted molar refractivity (Wildman–Crippen MR) is 94.6 cm³/mol. The maximum absolute atomic E-state index is 11.4.